The van der Waals surface area contributed by atoms with E-state index in [1.54, 1.807) is 0 Å². The second kappa shape index (κ2) is 9.38. The molecule has 0 heterocycles. The molecule has 1 aliphatic carbocycles. The Morgan fingerprint density at radius 1 is 1.24 bits per heavy atom. The Morgan fingerprint density at radius 3 is 2.43 bits per heavy atom. The zero-order valence-corrected chi connectivity index (χ0v) is 13.8. The van der Waals surface area contributed by atoms with Gasteiger partial charge in [0.2, 0.25) is 0 Å². The standard InChI is InChI=1S/C16H31NO4/c1-4-17(11-12-20-5-2)13-16(19)9-7-14(8-10-16)15(18)21-6-3/h14,19H,4-13H2,1-3H3. The van der Waals surface area contributed by atoms with Gasteiger partial charge in [0.1, 0.15) is 0 Å². The summed E-state index contributed by atoms with van der Waals surface area (Å²) in [5.41, 5.74) is -0.675. The molecule has 1 saturated carbocycles. The van der Waals surface area contributed by atoms with E-state index in [0.717, 1.165) is 32.5 Å². The summed E-state index contributed by atoms with van der Waals surface area (Å²) in [6.45, 7) is 10.2. The van der Waals surface area contributed by atoms with Gasteiger partial charge in [-0.2, -0.15) is 0 Å². The average Bonchev–Trinajstić information content (AvgIpc) is 2.47. The first-order valence-electron chi connectivity index (χ1n) is 8.23. The summed E-state index contributed by atoms with van der Waals surface area (Å²) >= 11 is 0. The zero-order valence-electron chi connectivity index (χ0n) is 13.8. The third-order valence-electron chi connectivity index (χ3n) is 4.26. The number of esters is 1. The van der Waals surface area contributed by atoms with Gasteiger partial charge in [0.15, 0.2) is 0 Å². The number of rotatable bonds is 9. The topological polar surface area (TPSA) is 59.0 Å². The Bertz CT molecular complexity index is 301. The van der Waals surface area contributed by atoms with Gasteiger partial charge in [-0.05, 0) is 46.1 Å². The van der Waals surface area contributed by atoms with Gasteiger partial charge in [0.05, 0.1) is 24.7 Å². The van der Waals surface area contributed by atoms with Crippen LogP contribution in [-0.4, -0.2) is 61.0 Å². The highest BCUT2D eigenvalue weighted by molar-refractivity contribution is 5.72. The Morgan fingerprint density at radius 2 is 1.90 bits per heavy atom. The fourth-order valence-corrected chi connectivity index (χ4v) is 2.91. The lowest BCUT2D eigenvalue weighted by Gasteiger charge is -2.38. The minimum Gasteiger partial charge on any atom is -0.466 e. The molecule has 0 bridgehead atoms. The van der Waals surface area contributed by atoms with Crippen molar-refractivity contribution in [3.05, 3.63) is 0 Å². The predicted molar refractivity (Wildman–Crippen MR) is 82.1 cm³/mol. The third kappa shape index (κ3) is 6.32. The second-order valence-electron chi connectivity index (χ2n) is 5.82. The number of carbonyl (C=O) groups is 1. The number of hydrogen-bond acceptors (Lipinski definition) is 5. The van der Waals surface area contributed by atoms with Crippen LogP contribution in [0.15, 0.2) is 0 Å². The number of aliphatic hydroxyl groups is 1. The molecule has 0 saturated heterocycles. The first-order valence-corrected chi connectivity index (χ1v) is 8.23. The van der Waals surface area contributed by atoms with Gasteiger partial charge in [-0.3, -0.25) is 9.69 Å². The Labute approximate surface area is 128 Å². The molecule has 0 spiro atoms. The molecule has 0 aromatic heterocycles. The summed E-state index contributed by atoms with van der Waals surface area (Å²) < 4.78 is 10.4. The van der Waals surface area contributed by atoms with Crippen molar-refractivity contribution in [2.75, 3.05) is 39.5 Å². The minimum absolute atomic E-state index is 0.0382. The molecule has 5 heteroatoms. The Hall–Kier alpha value is -0.650. The number of nitrogens with zero attached hydrogens (tertiary/aromatic N) is 1. The normalized spacial score (nSPS) is 26.0. The van der Waals surface area contributed by atoms with Crippen molar-refractivity contribution in [1.82, 2.24) is 4.90 Å². The lowest BCUT2D eigenvalue weighted by atomic mass is 9.78. The number of hydrogen-bond donors (Lipinski definition) is 1. The van der Waals surface area contributed by atoms with E-state index in [1.807, 2.05) is 13.8 Å². The quantitative estimate of drug-likeness (QED) is 0.520. The van der Waals surface area contributed by atoms with E-state index in [9.17, 15) is 9.90 Å². The molecule has 21 heavy (non-hydrogen) atoms. The molecule has 0 aliphatic heterocycles. The second-order valence-corrected chi connectivity index (χ2v) is 5.82. The first-order chi connectivity index (χ1) is 10.0. The van der Waals surface area contributed by atoms with E-state index in [1.165, 1.54) is 0 Å². The van der Waals surface area contributed by atoms with Crippen LogP contribution in [0.25, 0.3) is 0 Å². The van der Waals surface area contributed by atoms with Crippen LogP contribution in [0, 0.1) is 5.92 Å². The van der Waals surface area contributed by atoms with Crippen molar-refractivity contribution >= 4 is 5.97 Å². The smallest absolute Gasteiger partial charge is 0.308 e. The summed E-state index contributed by atoms with van der Waals surface area (Å²) in [5, 5.41) is 10.7. The van der Waals surface area contributed by atoms with Crippen LogP contribution in [0.5, 0.6) is 0 Å². The van der Waals surface area contributed by atoms with E-state index < -0.39 is 5.60 Å². The first kappa shape index (κ1) is 18.4. The largest absolute Gasteiger partial charge is 0.466 e. The maximum Gasteiger partial charge on any atom is 0.308 e. The molecule has 0 radical (unpaired) electrons. The van der Waals surface area contributed by atoms with Crippen molar-refractivity contribution in [1.29, 1.82) is 0 Å². The zero-order chi connectivity index (χ0) is 15.7. The summed E-state index contributed by atoms with van der Waals surface area (Å²) in [4.78, 5) is 14.0. The maximum atomic E-state index is 11.7. The van der Waals surface area contributed by atoms with E-state index >= 15 is 0 Å². The Kier molecular flexibility index (Phi) is 8.22. The Balaban J connectivity index is 2.39. The number of likely N-dealkylation sites (N-methyl/N-ethyl adjacent to an activating group) is 1. The molecule has 0 unspecified atom stereocenters. The highest BCUT2D eigenvalue weighted by Gasteiger charge is 2.37. The summed E-state index contributed by atoms with van der Waals surface area (Å²) in [6, 6.07) is 0. The molecule has 0 amide bonds. The van der Waals surface area contributed by atoms with Gasteiger partial charge in [0.25, 0.3) is 0 Å². The summed E-state index contributed by atoms with van der Waals surface area (Å²) in [5.74, 6) is -0.146. The lowest BCUT2D eigenvalue weighted by Crippen LogP contribution is -2.47. The molecule has 0 aromatic carbocycles. The van der Waals surface area contributed by atoms with Crippen molar-refractivity contribution in [3.8, 4) is 0 Å². The van der Waals surface area contributed by atoms with Crippen LogP contribution in [0.3, 0.4) is 0 Å². The average molecular weight is 301 g/mol. The number of carbonyl (C=O) groups excluding carboxylic acids is 1. The molecule has 1 rings (SSSR count). The summed E-state index contributed by atoms with van der Waals surface area (Å²) in [6.07, 6.45) is 2.78. The molecular formula is C16H31NO4. The van der Waals surface area contributed by atoms with Crippen molar-refractivity contribution in [2.45, 2.75) is 52.1 Å². The fourth-order valence-electron chi connectivity index (χ4n) is 2.91. The SMILES string of the molecule is CCOCCN(CC)CC1(O)CCC(C(=O)OCC)CC1. The van der Waals surface area contributed by atoms with Crippen molar-refractivity contribution in [3.63, 3.8) is 0 Å². The van der Waals surface area contributed by atoms with Gasteiger partial charge < -0.3 is 14.6 Å². The highest BCUT2D eigenvalue weighted by atomic mass is 16.5. The van der Waals surface area contributed by atoms with Gasteiger partial charge >= 0.3 is 5.97 Å². The molecule has 1 fully saturated rings. The third-order valence-corrected chi connectivity index (χ3v) is 4.26. The molecule has 1 N–H and O–H groups in total. The lowest BCUT2D eigenvalue weighted by molar-refractivity contribution is -0.151. The molecule has 124 valence electrons. The van der Waals surface area contributed by atoms with Gasteiger partial charge in [0, 0.05) is 19.7 Å². The fraction of sp³-hybridized carbons (Fsp3) is 0.938. The van der Waals surface area contributed by atoms with Crippen LogP contribution in [0.2, 0.25) is 0 Å². The predicted octanol–water partition coefficient (Wildman–Crippen LogP) is 1.83. The molecule has 0 atom stereocenters. The van der Waals surface area contributed by atoms with E-state index in [4.69, 9.17) is 9.47 Å². The monoisotopic (exact) mass is 301 g/mol. The highest BCUT2D eigenvalue weighted by Crippen LogP contribution is 2.33. The number of ether oxygens (including phenoxy) is 2. The van der Waals surface area contributed by atoms with Gasteiger partial charge in [-0.25, -0.2) is 0 Å². The molecule has 5 nitrogen and oxygen atoms in total. The van der Waals surface area contributed by atoms with Crippen molar-refractivity contribution < 1.29 is 19.4 Å². The van der Waals surface area contributed by atoms with E-state index in [2.05, 4.69) is 11.8 Å². The van der Waals surface area contributed by atoms with Crippen LogP contribution in [0.1, 0.15) is 46.5 Å². The van der Waals surface area contributed by atoms with Crippen LogP contribution < -0.4 is 0 Å². The minimum atomic E-state index is -0.675. The van der Waals surface area contributed by atoms with E-state index in [-0.39, 0.29) is 11.9 Å². The molecule has 0 aromatic rings. The van der Waals surface area contributed by atoms with Crippen LogP contribution in [-0.2, 0) is 14.3 Å². The van der Waals surface area contributed by atoms with Crippen LogP contribution in [0.4, 0.5) is 0 Å². The van der Waals surface area contributed by atoms with Crippen molar-refractivity contribution in [2.24, 2.45) is 5.92 Å². The summed E-state index contributed by atoms with van der Waals surface area (Å²) in [7, 11) is 0. The maximum absolute atomic E-state index is 11.7. The van der Waals surface area contributed by atoms with Gasteiger partial charge in [-0.1, -0.05) is 6.92 Å². The van der Waals surface area contributed by atoms with E-state index in [0.29, 0.717) is 32.6 Å². The molecular weight excluding hydrogens is 270 g/mol. The molecule has 1 aliphatic rings. The van der Waals surface area contributed by atoms with Gasteiger partial charge in [-0.15, -0.1) is 0 Å². The van der Waals surface area contributed by atoms with Crippen LogP contribution >= 0.6 is 0 Å².